The Morgan fingerprint density at radius 2 is 1.85 bits per heavy atom. The summed E-state index contributed by atoms with van der Waals surface area (Å²) in [6.07, 6.45) is 0. The molecule has 1 amide bonds. The molecule has 0 saturated carbocycles. The number of carbonyl (C=O) groups excluding carboxylic acids is 1. The summed E-state index contributed by atoms with van der Waals surface area (Å²) in [5.74, 6) is 0.186. The van der Waals surface area contributed by atoms with Gasteiger partial charge in [-0.15, -0.1) is 10.2 Å². The van der Waals surface area contributed by atoms with E-state index in [2.05, 4.69) is 20.5 Å². The Balaban J connectivity index is 1.46. The highest BCUT2D eigenvalue weighted by Crippen LogP contribution is 2.25. The number of hydrogen-bond acceptors (Lipinski definition) is 5. The van der Waals surface area contributed by atoms with Gasteiger partial charge in [0.25, 0.3) is 0 Å². The van der Waals surface area contributed by atoms with Crippen molar-refractivity contribution in [2.45, 2.75) is 18.1 Å². The second-order valence-electron chi connectivity index (χ2n) is 6.33. The zero-order chi connectivity index (χ0) is 18.8. The number of nitrogens with one attached hydrogen (secondary N) is 1. The minimum Gasteiger partial charge on any atom is -0.349 e. The summed E-state index contributed by atoms with van der Waals surface area (Å²) in [6.45, 7) is 1.97. The van der Waals surface area contributed by atoms with Gasteiger partial charge in [-0.3, -0.25) is 4.79 Å². The first-order chi connectivity index (χ1) is 13.1. The van der Waals surface area contributed by atoms with E-state index in [0.29, 0.717) is 5.16 Å². The lowest BCUT2D eigenvalue weighted by molar-refractivity contribution is -0.119. The van der Waals surface area contributed by atoms with Crippen molar-refractivity contribution in [2.24, 2.45) is 7.05 Å². The molecule has 0 unspecified atom stereocenters. The van der Waals surface area contributed by atoms with E-state index in [0.717, 1.165) is 27.6 Å². The van der Waals surface area contributed by atoms with Gasteiger partial charge in [0.2, 0.25) is 11.1 Å². The third-order valence-electron chi connectivity index (χ3n) is 4.50. The number of aromatic nitrogens is 4. The van der Waals surface area contributed by atoms with Crippen LogP contribution >= 0.6 is 11.8 Å². The van der Waals surface area contributed by atoms with Gasteiger partial charge in [0.05, 0.1) is 17.3 Å². The van der Waals surface area contributed by atoms with Gasteiger partial charge in [0.15, 0.2) is 5.65 Å². The van der Waals surface area contributed by atoms with Crippen LogP contribution in [0.1, 0.15) is 18.5 Å². The summed E-state index contributed by atoms with van der Waals surface area (Å²) in [7, 11) is 1.96. The molecule has 2 aromatic carbocycles. The molecule has 27 heavy (non-hydrogen) atoms. The van der Waals surface area contributed by atoms with Crippen LogP contribution in [0.15, 0.2) is 59.8 Å². The molecule has 0 radical (unpaired) electrons. The number of benzene rings is 2. The molecule has 4 rings (SSSR count). The molecular formula is C20H19N5OS. The molecule has 0 bridgehead atoms. The summed E-state index contributed by atoms with van der Waals surface area (Å²) in [5, 5.41) is 13.0. The normalized spacial score (nSPS) is 12.4. The maximum atomic E-state index is 12.3. The number of fused-ring (bicyclic) bond motifs is 3. The number of para-hydroxylation sites is 1. The van der Waals surface area contributed by atoms with Gasteiger partial charge >= 0.3 is 0 Å². The summed E-state index contributed by atoms with van der Waals surface area (Å²) in [4.78, 5) is 16.9. The van der Waals surface area contributed by atoms with E-state index in [9.17, 15) is 4.79 Å². The number of carbonyl (C=O) groups is 1. The van der Waals surface area contributed by atoms with E-state index in [1.807, 2.05) is 73.1 Å². The summed E-state index contributed by atoms with van der Waals surface area (Å²) in [5.41, 5.74) is 3.68. The van der Waals surface area contributed by atoms with Crippen LogP contribution in [0.2, 0.25) is 0 Å². The Labute approximate surface area is 161 Å². The maximum Gasteiger partial charge on any atom is 0.230 e. The number of aryl methyl sites for hydroxylation is 1. The smallest absolute Gasteiger partial charge is 0.230 e. The van der Waals surface area contributed by atoms with Crippen LogP contribution < -0.4 is 5.32 Å². The van der Waals surface area contributed by atoms with E-state index >= 15 is 0 Å². The molecule has 0 fully saturated rings. The summed E-state index contributed by atoms with van der Waals surface area (Å²) in [6, 6.07) is 17.9. The molecule has 0 spiro atoms. The van der Waals surface area contributed by atoms with Gasteiger partial charge < -0.3 is 9.88 Å². The highest BCUT2D eigenvalue weighted by Gasteiger charge is 2.14. The molecule has 2 heterocycles. The highest BCUT2D eigenvalue weighted by molar-refractivity contribution is 7.99. The van der Waals surface area contributed by atoms with Gasteiger partial charge in [-0.25, -0.2) is 4.98 Å². The van der Waals surface area contributed by atoms with Crippen molar-refractivity contribution in [3.63, 3.8) is 0 Å². The monoisotopic (exact) mass is 377 g/mol. The van der Waals surface area contributed by atoms with Crippen molar-refractivity contribution in [1.82, 2.24) is 25.1 Å². The number of amides is 1. The van der Waals surface area contributed by atoms with Crippen molar-refractivity contribution < 1.29 is 4.79 Å². The van der Waals surface area contributed by atoms with Crippen LogP contribution in [0.4, 0.5) is 0 Å². The molecule has 0 aliphatic rings. The van der Waals surface area contributed by atoms with Crippen LogP contribution in [0.25, 0.3) is 22.1 Å². The molecule has 4 aromatic rings. The number of thioether (sulfide) groups is 1. The first-order valence-corrected chi connectivity index (χ1v) is 9.67. The van der Waals surface area contributed by atoms with E-state index in [1.54, 1.807) is 0 Å². The molecule has 0 aliphatic heterocycles. The standard InChI is InChI=1S/C20H19N5OS/c1-13(14-8-4-3-5-9-14)21-17(26)12-27-20-22-19-18(23-24-20)15-10-6-7-11-16(15)25(19)2/h3-11,13H,12H2,1-2H3,(H,21,26)/t13-/m0/s1. The Morgan fingerprint density at radius 3 is 2.67 bits per heavy atom. The van der Waals surface area contributed by atoms with Gasteiger partial charge in [-0.2, -0.15) is 0 Å². The fourth-order valence-corrected chi connectivity index (χ4v) is 3.68. The van der Waals surface area contributed by atoms with Crippen LogP contribution in [-0.4, -0.2) is 31.4 Å². The van der Waals surface area contributed by atoms with Crippen molar-refractivity contribution in [2.75, 3.05) is 5.75 Å². The zero-order valence-electron chi connectivity index (χ0n) is 15.1. The van der Waals surface area contributed by atoms with E-state index < -0.39 is 0 Å². The highest BCUT2D eigenvalue weighted by atomic mass is 32.2. The number of hydrogen-bond donors (Lipinski definition) is 1. The van der Waals surface area contributed by atoms with Crippen LogP contribution in [0.5, 0.6) is 0 Å². The topological polar surface area (TPSA) is 72.7 Å². The Morgan fingerprint density at radius 1 is 1.11 bits per heavy atom. The third kappa shape index (κ3) is 3.50. The van der Waals surface area contributed by atoms with Gasteiger partial charge in [0, 0.05) is 12.4 Å². The minimum atomic E-state index is -0.0582. The largest absolute Gasteiger partial charge is 0.349 e. The first-order valence-electron chi connectivity index (χ1n) is 8.68. The average molecular weight is 377 g/mol. The third-order valence-corrected chi connectivity index (χ3v) is 5.33. The van der Waals surface area contributed by atoms with Crippen LogP contribution in [0.3, 0.4) is 0 Å². The lowest BCUT2D eigenvalue weighted by atomic mass is 10.1. The molecule has 0 saturated heterocycles. The molecule has 6 nitrogen and oxygen atoms in total. The van der Waals surface area contributed by atoms with Crippen LogP contribution in [-0.2, 0) is 11.8 Å². The first kappa shape index (κ1) is 17.5. The molecule has 1 N–H and O–H groups in total. The molecule has 136 valence electrons. The Kier molecular flexibility index (Phi) is 4.77. The second kappa shape index (κ2) is 7.36. The van der Waals surface area contributed by atoms with E-state index in [-0.39, 0.29) is 17.7 Å². The SMILES string of the molecule is C[C@H](NC(=O)CSc1nnc2c3ccccc3n(C)c2n1)c1ccccc1. The quantitative estimate of drug-likeness (QED) is 0.539. The van der Waals surface area contributed by atoms with Crippen molar-refractivity contribution >= 4 is 39.7 Å². The molecule has 2 aromatic heterocycles. The second-order valence-corrected chi connectivity index (χ2v) is 7.27. The fraction of sp³-hybridized carbons (Fsp3) is 0.200. The van der Waals surface area contributed by atoms with Gasteiger partial charge in [0.1, 0.15) is 5.52 Å². The van der Waals surface area contributed by atoms with Gasteiger partial charge in [-0.1, -0.05) is 60.3 Å². The molecule has 7 heteroatoms. The summed E-state index contributed by atoms with van der Waals surface area (Å²) < 4.78 is 2.00. The van der Waals surface area contributed by atoms with Gasteiger partial charge in [-0.05, 0) is 18.6 Å². The van der Waals surface area contributed by atoms with Crippen LogP contribution in [0, 0.1) is 0 Å². The summed E-state index contributed by atoms with van der Waals surface area (Å²) >= 11 is 1.29. The predicted octanol–water partition coefficient (Wildman–Crippen LogP) is 3.49. The lowest BCUT2D eigenvalue weighted by Gasteiger charge is -2.13. The predicted molar refractivity (Wildman–Crippen MR) is 108 cm³/mol. The molecular weight excluding hydrogens is 358 g/mol. The number of rotatable bonds is 5. The number of nitrogens with zero attached hydrogens (tertiary/aromatic N) is 4. The maximum absolute atomic E-state index is 12.3. The Hall–Kier alpha value is -2.93. The van der Waals surface area contributed by atoms with Crippen molar-refractivity contribution in [1.29, 1.82) is 0 Å². The van der Waals surface area contributed by atoms with Crippen molar-refractivity contribution in [3.8, 4) is 0 Å². The van der Waals surface area contributed by atoms with E-state index in [4.69, 9.17) is 0 Å². The Bertz CT molecular complexity index is 1110. The van der Waals surface area contributed by atoms with Crippen molar-refractivity contribution in [3.05, 3.63) is 60.2 Å². The minimum absolute atomic E-state index is 0.0426. The fourth-order valence-electron chi connectivity index (χ4n) is 3.09. The lowest BCUT2D eigenvalue weighted by Crippen LogP contribution is -2.28. The van der Waals surface area contributed by atoms with E-state index in [1.165, 1.54) is 11.8 Å². The molecule has 0 aliphatic carbocycles. The zero-order valence-corrected chi connectivity index (χ0v) is 15.9. The average Bonchev–Trinajstić information content (AvgIpc) is 2.99. The molecule has 1 atom stereocenters.